The van der Waals surface area contributed by atoms with Crippen molar-refractivity contribution in [2.24, 2.45) is 5.73 Å². The third kappa shape index (κ3) is 1.03. The third-order valence-corrected chi connectivity index (χ3v) is 1.35. The average Bonchev–Trinajstić information content (AvgIpc) is 2.33. The van der Waals surface area contributed by atoms with E-state index in [1.807, 2.05) is 17.7 Å². The molecule has 0 fully saturated rings. The number of hydrogen-bond acceptors (Lipinski definition) is 2. The maximum atomic E-state index is 5.48. The van der Waals surface area contributed by atoms with E-state index in [2.05, 4.69) is 11.7 Å². The normalized spacial score (nSPS) is 9.70. The number of aryl methyl sites for hydroxylation is 1. The molecule has 3 nitrogen and oxygen atoms in total. The Bertz CT molecular complexity index is 237. The highest BCUT2D eigenvalue weighted by molar-refractivity contribution is 5.56. The van der Waals surface area contributed by atoms with Gasteiger partial charge in [-0.25, -0.2) is 0 Å². The van der Waals surface area contributed by atoms with E-state index in [1.165, 1.54) is 0 Å². The first-order chi connectivity index (χ1) is 4.75. The van der Waals surface area contributed by atoms with E-state index in [4.69, 9.17) is 5.73 Å². The highest BCUT2D eigenvalue weighted by atomic mass is 15.3. The number of hydrogen-bond donors (Lipinski definition) is 1. The van der Waals surface area contributed by atoms with Gasteiger partial charge in [0.05, 0.1) is 5.69 Å². The van der Waals surface area contributed by atoms with Gasteiger partial charge < -0.3 is 5.73 Å². The second kappa shape index (κ2) is 2.56. The van der Waals surface area contributed by atoms with Gasteiger partial charge in [-0.2, -0.15) is 5.10 Å². The lowest BCUT2D eigenvalue weighted by Crippen LogP contribution is -2.05. The Kier molecular flexibility index (Phi) is 1.76. The minimum Gasteiger partial charge on any atom is -0.397 e. The monoisotopic (exact) mass is 137 g/mol. The van der Waals surface area contributed by atoms with Crippen molar-refractivity contribution in [1.82, 2.24) is 9.78 Å². The van der Waals surface area contributed by atoms with E-state index >= 15 is 0 Å². The van der Waals surface area contributed by atoms with Crippen LogP contribution in [0.2, 0.25) is 0 Å². The number of nitrogens with two attached hydrogens (primary N) is 1. The van der Waals surface area contributed by atoms with Crippen LogP contribution in [-0.2, 0) is 6.54 Å². The maximum Gasteiger partial charge on any atom is 0.0832 e. The van der Waals surface area contributed by atoms with Crippen LogP contribution in [0.4, 0.5) is 0 Å². The molecule has 1 heterocycles. The molecule has 0 radical (unpaired) electrons. The molecule has 0 saturated heterocycles. The molecule has 0 unspecified atom stereocenters. The molecule has 0 aromatic carbocycles. The molecule has 0 bridgehead atoms. The second-order valence-electron chi connectivity index (χ2n) is 2.06. The Hall–Kier alpha value is -1.25. The largest absolute Gasteiger partial charge is 0.397 e. The van der Waals surface area contributed by atoms with Crippen LogP contribution in [0.3, 0.4) is 0 Å². The van der Waals surface area contributed by atoms with Crippen molar-refractivity contribution in [3.8, 4) is 0 Å². The number of rotatable bonds is 2. The van der Waals surface area contributed by atoms with Crippen LogP contribution in [0.25, 0.3) is 5.70 Å². The minimum absolute atomic E-state index is 0.569. The Balaban J connectivity index is 3.01. The van der Waals surface area contributed by atoms with Crippen LogP contribution in [0, 0.1) is 0 Å². The lowest BCUT2D eigenvalue weighted by atomic mass is 10.3. The van der Waals surface area contributed by atoms with Gasteiger partial charge in [-0.1, -0.05) is 6.58 Å². The van der Waals surface area contributed by atoms with E-state index in [-0.39, 0.29) is 0 Å². The maximum absolute atomic E-state index is 5.48. The first-order valence-electron chi connectivity index (χ1n) is 3.22. The van der Waals surface area contributed by atoms with E-state index in [9.17, 15) is 0 Å². The number of nitrogens with zero attached hydrogens (tertiary/aromatic N) is 2. The van der Waals surface area contributed by atoms with Crippen LogP contribution in [-0.4, -0.2) is 9.78 Å². The van der Waals surface area contributed by atoms with Crippen molar-refractivity contribution < 1.29 is 0 Å². The molecule has 0 aliphatic heterocycles. The van der Waals surface area contributed by atoms with Gasteiger partial charge in [0.15, 0.2) is 0 Å². The van der Waals surface area contributed by atoms with Gasteiger partial charge in [-0.15, -0.1) is 0 Å². The zero-order valence-corrected chi connectivity index (χ0v) is 6.04. The summed E-state index contributed by atoms with van der Waals surface area (Å²) in [5.74, 6) is 0. The topological polar surface area (TPSA) is 43.8 Å². The predicted octanol–water partition coefficient (Wildman–Crippen LogP) is 0.832. The lowest BCUT2D eigenvalue weighted by Gasteiger charge is -2.01. The summed E-state index contributed by atoms with van der Waals surface area (Å²) >= 11 is 0. The van der Waals surface area contributed by atoms with Gasteiger partial charge in [0, 0.05) is 18.4 Å². The molecule has 10 heavy (non-hydrogen) atoms. The van der Waals surface area contributed by atoms with Gasteiger partial charge in [-0.3, -0.25) is 4.68 Å². The van der Waals surface area contributed by atoms with Gasteiger partial charge >= 0.3 is 0 Å². The molecular weight excluding hydrogens is 126 g/mol. The van der Waals surface area contributed by atoms with Crippen LogP contribution in [0.15, 0.2) is 18.8 Å². The van der Waals surface area contributed by atoms with Crippen molar-refractivity contribution in [1.29, 1.82) is 0 Å². The Morgan fingerprint density at radius 2 is 2.60 bits per heavy atom. The minimum atomic E-state index is 0.569. The Morgan fingerprint density at radius 3 is 3.00 bits per heavy atom. The summed E-state index contributed by atoms with van der Waals surface area (Å²) in [7, 11) is 0. The SMILES string of the molecule is C=C(N)c1ccnn1CC. The molecule has 0 amide bonds. The summed E-state index contributed by atoms with van der Waals surface area (Å²) < 4.78 is 1.81. The zero-order chi connectivity index (χ0) is 7.56. The Morgan fingerprint density at radius 1 is 1.90 bits per heavy atom. The smallest absolute Gasteiger partial charge is 0.0832 e. The van der Waals surface area contributed by atoms with Gasteiger partial charge in [0.25, 0.3) is 0 Å². The van der Waals surface area contributed by atoms with Crippen LogP contribution >= 0.6 is 0 Å². The summed E-state index contributed by atoms with van der Waals surface area (Å²) in [4.78, 5) is 0. The van der Waals surface area contributed by atoms with Crippen molar-refractivity contribution in [2.45, 2.75) is 13.5 Å². The summed E-state index contributed by atoms with van der Waals surface area (Å²) in [5.41, 5.74) is 6.95. The summed E-state index contributed by atoms with van der Waals surface area (Å²) in [6, 6.07) is 1.85. The molecule has 1 aromatic heterocycles. The molecule has 54 valence electrons. The highest BCUT2D eigenvalue weighted by Gasteiger charge is 1.99. The van der Waals surface area contributed by atoms with Crippen LogP contribution < -0.4 is 5.73 Å². The first-order valence-corrected chi connectivity index (χ1v) is 3.22. The van der Waals surface area contributed by atoms with Crippen molar-refractivity contribution >= 4 is 5.70 Å². The van der Waals surface area contributed by atoms with Gasteiger partial charge in [0.2, 0.25) is 0 Å². The molecule has 0 saturated carbocycles. The molecule has 0 aliphatic rings. The van der Waals surface area contributed by atoms with E-state index in [0.717, 1.165) is 12.2 Å². The van der Waals surface area contributed by atoms with E-state index in [1.54, 1.807) is 6.20 Å². The summed E-state index contributed by atoms with van der Waals surface area (Å²) in [6.07, 6.45) is 1.72. The van der Waals surface area contributed by atoms with Crippen LogP contribution in [0.1, 0.15) is 12.6 Å². The molecule has 3 heteroatoms. The zero-order valence-electron chi connectivity index (χ0n) is 6.04. The summed E-state index contributed by atoms with van der Waals surface area (Å²) in [6.45, 7) is 6.47. The molecule has 0 spiro atoms. The standard InChI is InChI=1S/C7H11N3/c1-3-10-7(6(2)8)4-5-9-10/h4-5H,2-3,8H2,1H3. The van der Waals surface area contributed by atoms with Gasteiger partial charge in [-0.05, 0) is 13.0 Å². The predicted molar refractivity (Wildman–Crippen MR) is 41.1 cm³/mol. The fraction of sp³-hybridized carbons (Fsp3) is 0.286. The second-order valence-corrected chi connectivity index (χ2v) is 2.06. The number of aromatic nitrogens is 2. The molecule has 1 aromatic rings. The molecule has 0 aliphatic carbocycles. The molecule has 0 atom stereocenters. The highest BCUT2D eigenvalue weighted by Crippen LogP contribution is 2.04. The van der Waals surface area contributed by atoms with Crippen molar-refractivity contribution in [2.75, 3.05) is 0 Å². The third-order valence-electron chi connectivity index (χ3n) is 1.35. The lowest BCUT2D eigenvalue weighted by molar-refractivity contribution is 0.651. The van der Waals surface area contributed by atoms with Crippen molar-refractivity contribution in [3.63, 3.8) is 0 Å². The Labute approximate surface area is 60.1 Å². The van der Waals surface area contributed by atoms with Crippen molar-refractivity contribution in [3.05, 3.63) is 24.5 Å². The van der Waals surface area contributed by atoms with Crippen LogP contribution in [0.5, 0.6) is 0 Å². The molecule has 2 N–H and O–H groups in total. The van der Waals surface area contributed by atoms with Gasteiger partial charge in [0.1, 0.15) is 0 Å². The molecular formula is C7H11N3. The average molecular weight is 137 g/mol. The van der Waals surface area contributed by atoms with E-state index < -0.39 is 0 Å². The quantitative estimate of drug-likeness (QED) is 0.656. The fourth-order valence-corrected chi connectivity index (χ4v) is 0.857. The first kappa shape index (κ1) is 6.86. The fourth-order valence-electron chi connectivity index (χ4n) is 0.857. The molecule has 1 rings (SSSR count). The van der Waals surface area contributed by atoms with E-state index in [0.29, 0.717) is 5.70 Å². The summed E-state index contributed by atoms with van der Waals surface area (Å²) in [5, 5.41) is 4.03.